The number of benzene rings is 3. The number of hydrogen-bond acceptors (Lipinski definition) is 5. The minimum absolute atomic E-state index is 0.0183. The van der Waals surface area contributed by atoms with Crippen LogP contribution in [0.1, 0.15) is 22.3 Å². The van der Waals surface area contributed by atoms with Crippen molar-refractivity contribution in [3.63, 3.8) is 0 Å². The highest BCUT2D eigenvalue weighted by molar-refractivity contribution is 5.82. The van der Waals surface area contributed by atoms with E-state index in [2.05, 4.69) is 41.0 Å². The van der Waals surface area contributed by atoms with Gasteiger partial charge in [-0.25, -0.2) is 0 Å². The van der Waals surface area contributed by atoms with Crippen LogP contribution in [0.2, 0.25) is 0 Å². The third kappa shape index (κ3) is 4.69. The van der Waals surface area contributed by atoms with E-state index in [1.54, 1.807) is 0 Å². The Morgan fingerprint density at radius 3 is 2.27 bits per heavy atom. The van der Waals surface area contributed by atoms with Crippen LogP contribution in [-0.2, 0) is 24.2 Å². The van der Waals surface area contributed by atoms with Gasteiger partial charge in [0.15, 0.2) is 11.5 Å². The normalized spacial score (nSPS) is 16.4. The van der Waals surface area contributed by atoms with Crippen molar-refractivity contribution < 1.29 is 14.3 Å². The molecule has 166 valence electrons. The van der Waals surface area contributed by atoms with Crippen LogP contribution >= 0.6 is 0 Å². The molecule has 0 fully saturated rings. The van der Waals surface area contributed by atoms with Gasteiger partial charge in [-0.1, -0.05) is 36.4 Å². The second-order valence-electron chi connectivity index (χ2n) is 8.33. The molecular weight excluding hydrogens is 414 g/mol. The van der Waals surface area contributed by atoms with Crippen LogP contribution in [-0.4, -0.2) is 31.7 Å². The summed E-state index contributed by atoms with van der Waals surface area (Å²) in [5.41, 5.74) is 6.30. The molecule has 3 aromatic rings. The predicted molar refractivity (Wildman–Crippen MR) is 125 cm³/mol. The SMILES string of the molecule is N#Cc1ccc(-c2ccc(CCNC(=O)C3Cc4cc5c(cc4CN3)OCCO5)cc2)cc1. The van der Waals surface area contributed by atoms with Crippen molar-refractivity contribution in [2.45, 2.75) is 25.4 Å². The number of nitriles is 1. The van der Waals surface area contributed by atoms with Crippen molar-refractivity contribution >= 4 is 5.91 Å². The van der Waals surface area contributed by atoms with Crippen LogP contribution in [0.3, 0.4) is 0 Å². The maximum absolute atomic E-state index is 12.7. The zero-order valence-electron chi connectivity index (χ0n) is 18.3. The summed E-state index contributed by atoms with van der Waals surface area (Å²) in [5.74, 6) is 1.57. The van der Waals surface area contributed by atoms with E-state index in [0.717, 1.165) is 40.2 Å². The Labute approximate surface area is 193 Å². The van der Waals surface area contributed by atoms with Crippen LogP contribution in [0.5, 0.6) is 11.5 Å². The predicted octanol–water partition coefficient (Wildman–Crippen LogP) is 3.37. The van der Waals surface area contributed by atoms with Crippen LogP contribution < -0.4 is 20.1 Å². The fourth-order valence-electron chi connectivity index (χ4n) is 4.29. The second kappa shape index (κ2) is 9.35. The molecule has 0 saturated heterocycles. The highest BCUT2D eigenvalue weighted by Crippen LogP contribution is 2.34. The molecule has 0 spiro atoms. The van der Waals surface area contributed by atoms with Gasteiger partial charge in [-0.15, -0.1) is 0 Å². The first kappa shape index (κ1) is 21.0. The first-order valence-electron chi connectivity index (χ1n) is 11.2. The maximum atomic E-state index is 12.7. The van der Waals surface area contributed by atoms with Crippen molar-refractivity contribution in [2.24, 2.45) is 0 Å². The first-order chi connectivity index (χ1) is 16.2. The van der Waals surface area contributed by atoms with Gasteiger partial charge in [0.1, 0.15) is 13.2 Å². The molecule has 2 heterocycles. The van der Waals surface area contributed by atoms with Crippen molar-refractivity contribution in [3.8, 4) is 28.7 Å². The van der Waals surface area contributed by atoms with Gasteiger partial charge in [0.25, 0.3) is 0 Å². The molecule has 6 nitrogen and oxygen atoms in total. The summed E-state index contributed by atoms with van der Waals surface area (Å²) in [4.78, 5) is 12.7. The lowest BCUT2D eigenvalue weighted by Crippen LogP contribution is -2.48. The molecule has 3 aromatic carbocycles. The molecule has 1 unspecified atom stereocenters. The topological polar surface area (TPSA) is 83.4 Å². The molecular formula is C27H25N3O3. The molecule has 5 rings (SSSR count). The van der Waals surface area contributed by atoms with Gasteiger partial charge in [-0.2, -0.15) is 5.26 Å². The van der Waals surface area contributed by atoms with Crippen LogP contribution in [0.25, 0.3) is 11.1 Å². The average molecular weight is 440 g/mol. The Morgan fingerprint density at radius 2 is 1.61 bits per heavy atom. The Kier molecular flexibility index (Phi) is 5.97. The van der Waals surface area contributed by atoms with Crippen molar-refractivity contribution in [1.82, 2.24) is 10.6 Å². The Morgan fingerprint density at radius 1 is 0.970 bits per heavy atom. The van der Waals surface area contributed by atoms with E-state index in [0.29, 0.717) is 38.3 Å². The summed E-state index contributed by atoms with van der Waals surface area (Å²) < 4.78 is 11.3. The molecule has 2 N–H and O–H groups in total. The number of nitrogens with zero attached hydrogens (tertiary/aromatic N) is 1. The number of amides is 1. The summed E-state index contributed by atoms with van der Waals surface area (Å²) in [6, 6.07) is 21.8. The minimum Gasteiger partial charge on any atom is -0.486 e. The molecule has 33 heavy (non-hydrogen) atoms. The molecule has 6 heteroatoms. The van der Waals surface area contributed by atoms with Crippen LogP contribution in [0.4, 0.5) is 0 Å². The van der Waals surface area contributed by atoms with E-state index in [1.807, 2.05) is 36.4 Å². The maximum Gasteiger partial charge on any atom is 0.237 e. The standard InChI is InChI=1S/C27H25N3O3/c28-16-19-3-7-21(8-4-19)20-5-1-18(2-6-20)9-10-29-27(31)24-13-22-14-25-26(33-12-11-32-25)15-23(22)17-30-24/h1-8,14-15,24,30H,9-13,17H2,(H,29,31). The number of fused-ring (bicyclic) bond motifs is 2. The van der Waals surface area contributed by atoms with Crippen molar-refractivity contribution in [2.75, 3.05) is 19.8 Å². The molecule has 0 aromatic heterocycles. The Balaban J connectivity index is 1.14. The van der Waals surface area contributed by atoms with Crippen molar-refractivity contribution in [1.29, 1.82) is 5.26 Å². The quantitative estimate of drug-likeness (QED) is 0.637. The van der Waals surface area contributed by atoms with E-state index >= 15 is 0 Å². The summed E-state index contributed by atoms with van der Waals surface area (Å²) in [6.45, 7) is 2.35. The highest BCUT2D eigenvalue weighted by Gasteiger charge is 2.26. The lowest BCUT2D eigenvalue weighted by Gasteiger charge is -2.28. The Bertz CT molecular complexity index is 1200. The second-order valence-corrected chi connectivity index (χ2v) is 8.33. The van der Waals surface area contributed by atoms with Gasteiger partial charge in [-0.05, 0) is 64.9 Å². The summed E-state index contributed by atoms with van der Waals surface area (Å²) in [5, 5.41) is 15.3. The van der Waals surface area contributed by atoms with Gasteiger partial charge in [0, 0.05) is 13.1 Å². The molecule has 1 amide bonds. The van der Waals surface area contributed by atoms with Gasteiger partial charge < -0.3 is 20.1 Å². The molecule has 0 saturated carbocycles. The van der Waals surface area contributed by atoms with E-state index in [9.17, 15) is 4.79 Å². The van der Waals surface area contributed by atoms with E-state index < -0.39 is 0 Å². The zero-order chi connectivity index (χ0) is 22.6. The van der Waals surface area contributed by atoms with E-state index in [1.165, 1.54) is 5.56 Å². The zero-order valence-corrected chi connectivity index (χ0v) is 18.3. The lowest BCUT2D eigenvalue weighted by atomic mass is 9.94. The fraction of sp³-hybridized carbons (Fsp3) is 0.259. The molecule has 0 aliphatic carbocycles. The van der Waals surface area contributed by atoms with Crippen LogP contribution in [0, 0.1) is 11.3 Å². The van der Waals surface area contributed by atoms with E-state index in [4.69, 9.17) is 14.7 Å². The van der Waals surface area contributed by atoms with E-state index in [-0.39, 0.29) is 11.9 Å². The summed E-state index contributed by atoms with van der Waals surface area (Å²) >= 11 is 0. The Hall–Kier alpha value is -3.82. The smallest absolute Gasteiger partial charge is 0.237 e. The number of carbonyl (C=O) groups excluding carboxylic acids is 1. The molecule has 0 radical (unpaired) electrons. The number of ether oxygens (including phenoxy) is 2. The molecule has 2 aliphatic heterocycles. The summed E-state index contributed by atoms with van der Waals surface area (Å²) in [7, 11) is 0. The fourth-order valence-corrected chi connectivity index (χ4v) is 4.29. The number of nitrogens with one attached hydrogen (secondary N) is 2. The number of rotatable bonds is 5. The number of hydrogen-bond donors (Lipinski definition) is 2. The monoisotopic (exact) mass is 439 g/mol. The van der Waals surface area contributed by atoms with Crippen LogP contribution in [0.15, 0.2) is 60.7 Å². The molecule has 0 bridgehead atoms. The van der Waals surface area contributed by atoms with Gasteiger partial charge in [0.05, 0.1) is 17.7 Å². The lowest BCUT2D eigenvalue weighted by molar-refractivity contribution is -0.123. The molecule has 1 atom stereocenters. The largest absolute Gasteiger partial charge is 0.486 e. The first-order valence-corrected chi connectivity index (χ1v) is 11.2. The van der Waals surface area contributed by atoms with Gasteiger partial charge in [-0.3, -0.25) is 4.79 Å². The van der Waals surface area contributed by atoms with Gasteiger partial charge >= 0.3 is 0 Å². The molecule has 2 aliphatic rings. The van der Waals surface area contributed by atoms with Gasteiger partial charge in [0.2, 0.25) is 5.91 Å². The summed E-state index contributed by atoms with van der Waals surface area (Å²) in [6.07, 6.45) is 1.40. The highest BCUT2D eigenvalue weighted by atomic mass is 16.6. The average Bonchev–Trinajstić information content (AvgIpc) is 2.87. The minimum atomic E-state index is -0.251. The third-order valence-electron chi connectivity index (χ3n) is 6.16. The number of carbonyl (C=O) groups is 1. The third-order valence-corrected chi connectivity index (χ3v) is 6.16. The van der Waals surface area contributed by atoms with Crippen molar-refractivity contribution in [3.05, 3.63) is 82.9 Å².